The van der Waals surface area contributed by atoms with Gasteiger partial charge in [0.1, 0.15) is 0 Å². The highest BCUT2D eigenvalue weighted by atomic mass is 35.5. The maximum Gasteiger partial charge on any atom is 0.0679 e. The molecule has 0 aromatic carbocycles. The fourth-order valence-corrected chi connectivity index (χ4v) is 0.671. The van der Waals surface area contributed by atoms with Crippen LogP contribution in [-0.4, -0.2) is 24.9 Å². The number of ether oxygens (including phenoxy) is 1. The van der Waals surface area contributed by atoms with E-state index in [2.05, 4.69) is 0 Å². The Labute approximate surface area is 78.5 Å². The monoisotopic (exact) mass is 190 g/mol. The Kier molecular flexibility index (Phi) is 7.16. The van der Waals surface area contributed by atoms with Crippen LogP contribution in [-0.2, 0) is 4.74 Å². The van der Waals surface area contributed by atoms with Gasteiger partial charge >= 0.3 is 0 Å². The van der Waals surface area contributed by atoms with E-state index in [0.29, 0.717) is 13.2 Å². The summed E-state index contributed by atoms with van der Waals surface area (Å²) < 4.78 is 5.22. The molecule has 0 aromatic heterocycles. The number of halogens is 1. The van der Waals surface area contributed by atoms with Crippen LogP contribution in [0.1, 0.15) is 13.8 Å². The van der Waals surface area contributed by atoms with Gasteiger partial charge in [-0.3, -0.25) is 0 Å². The fourth-order valence-electron chi connectivity index (χ4n) is 0.608. The zero-order valence-corrected chi connectivity index (χ0v) is 8.27. The summed E-state index contributed by atoms with van der Waals surface area (Å²) in [4.78, 5) is 0. The lowest BCUT2D eigenvalue weighted by molar-refractivity contribution is 0.185. The number of aliphatic hydroxyl groups is 1. The van der Waals surface area contributed by atoms with Crippen molar-refractivity contribution in [2.45, 2.75) is 13.8 Å². The van der Waals surface area contributed by atoms with Crippen molar-refractivity contribution in [2.75, 3.05) is 19.8 Å². The van der Waals surface area contributed by atoms with E-state index in [9.17, 15) is 0 Å². The van der Waals surface area contributed by atoms with Crippen LogP contribution < -0.4 is 0 Å². The second kappa shape index (κ2) is 7.35. The second-order valence-corrected chi connectivity index (χ2v) is 3.14. The summed E-state index contributed by atoms with van der Waals surface area (Å²) >= 11 is 5.58. The molecule has 0 unspecified atom stereocenters. The maximum atomic E-state index is 8.52. The lowest BCUT2D eigenvalue weighted by Crippen LogP contribution is -1.96. The minimum atomic E-state index is 0.0690. The molecule has 1 N–H and O–H groups in total. The van der Waals surface area contributed by atoms with Gasteiger partial charge < -0.3 is 9.84 Å². The molecule has 12 heavy (non-hydrogen) atoms. The van der Waals surface area contributed by atoms with Gasteiger partial charge in [-0.2, -0.15) is 0 Å². The van der Waals surface area contributed by atoms with Crippen molar-refractivity contribution in [2.24, 2.45) is 0 Å². The Balaban J connectivity index is 3.44. The molecule has 0 fully saturated rings. The van der Waals surface area contributed by atoms with Gasteiger partial charge in [0, 0.05) is 5.03 Å². The highest BCUT2D eigenvalue weighted by molar-refractivity contribution is 6.29. The highest BCUT2D eigenvalue weighted by Crippen LogP contribution is 1.98. The first kappa shape index (κ1) is 11.7. The number of rotatable bonds is 5. The molecule has 0 aliphatic rings. The van der Waals surface area contributed by atoms with Crippen LogP contribution >= 0.6 is 11.6 Å². The van der Waals surface area contributed by atoms with Crippen LogP contribution in [0.25, 0.3) is 0 Å². The molecular weight excluding hydrogens is 176 g/mol. The van der Waals surface area contributed by atoms with Gasteiger partial charge in [0.15, 0.2) is 0 Å². The molecule has 0 bridgehead atoms. The van der Waals surface area contributed by atoms with E-state index in [-0.39, 0.29) is 6.61 Å². The van der Waals surface area contributed by atoms with Crippen LogP contribution in [0.3, 0.4) is 0 Å². The summed E-state index contributed by atoms with van der Waals surface area (Å²) in [6, 6.07) is 0. The largest absolute Gasteiger partial charge is 0.392 e. The quantitative estimate of drug-likeness (QED) is 0.532. The first-order valence-electron chi connectivity index (χ1n) is 3.83. The van der Waals surface area contributed by atoms with Gasteiger partial charge in [-0.05, 0) is 25.5 Å². The third kappa shape index (κ3) is 7.79. The van der Waals surface area contributed by atoms with Crippen molar-refractivity contribution in [3.05, 3.63) is 22.8 Å². The Bertz CT molecular complexity index is 169. The minimum absolute atomic E-state index is 0.0690. The van der Waals surface area contributed by atoms with E-state index in [1.54, 1.807) is 19.1 Å². The van der Waals surface area contributed by atoms with E-state index < -0.39 is 0 Å². The molecule has 0 radical (unpaired) electrons. The standard InChI is InChI=1S/C9H15ClO2/c1-8(3-5-11)7-12-6-4-9(2)10/h3-4,11H,5-7H2,1-2H3. The molecule has 0 aliphatic heterocycles. The zero-order valence-electron chi connectivity index (χ0n) is 7.51. The Morgan fingerprint density at radius 2 is 2.08 bits per heavy atom. The number of allylic oxidation sites excluding steroid dienone is 1. The van der Waals surface area contributed by atoms with E-state index in [4.69, 9.17) is 21.4 Å². The van der Waals surface area contributed by atoms with Crippen LogP contribution in [0, 0.1) is 0 Å². The molecule has 0 spiro atoms. The van der Waals surface area contributed by atoms with Crippen LogP contribution in [0.5, 0.6) is 0 Å². The molecule has 2 nitrogen and oxygen atoms in total. The van der Waals surface area contributed by atoms with Crippen molar-refractivity contribution in [3.63, 3.8) is 0 Å². The van der Waals surface area contributed by atoms with Crippen molar-refractivity contribution >= 4 is 11.6 Å². The summed E-state index contributed by atoms with van der Waals surface area (Å²) in [5.41, 5.74) is 1.03. The van der Waals surface area contributed by atoms with Gasteiger partial charge in [-0.1, -0.05) is 17.7 Å². The van der Waals surface area contributed by atoms with Crippen molar-refractivity contribution in [1.29, 1.82) is 0 Å². The predicted molar refractivity (Wildman–Crippen MR) is 51.3 cm³/mol. The summed E-state index contributed by atoms with van der Waals surface area (Å²) in [6.07, 6.45) is 3.52. The Hall–Kier alpha value is -0.310. The van der Waals surface area contributed by atoms with Gasteiger partial charge in [-0.25, -0.2) is 0 Å². The normalized spacial score (nSPS) is 13.7. The van der Waals surface area contributed by atoms with Crippen LogP contribution in [0.15, 0.2) is 22.8 Å². The third-order valence-electron chi connectivity index (χ3n) is 1.25. The average molecular weight is 191 g/mol. The lowest BCUT2D eigenvalue weighted by atomic mass is 10.3. The summed E-state index contributed by atoms with van der Waals surface area (Å²) in [5.74, 6) is 0. The first-order chi connectivity index (χ1) is 5.66. The molecular formula is C9H15ClO2. The zero-order chi connectivity index (χ0) is 9.40. The topological polar surface area (TPSA) is 29.5 Å². The van der Waals surface area contributed by atoms with Gasteiger partial charge in [0.25, 0.3) is 0 Å². The number of hydrogen-bond donors (Lipinski definition) is 1. The SMILES string of the molecule is CC(Cl)=CCOCC(C)=CCO. The van der Waals surface area contributed by atoms with Crippen molar-refractivity contribution in [1.82, 2.24) is 0 Å². The molecule has 0 atom stereocenters. The molecule has 0 amide bonds. The summed E-state index contributed by atoms with van der Waals surface area (Å²) in [6.45, 7) is 4.85. The molecule has 70 valence electrons. The van der Waals surface area contributed by atoms with E-state index in [1.807, 2.05) is 6.92 Å². The van der Waals surface area contributed by atoms with Crippen LogP contribution in [0.2, 0.25) is 0 Å². The summed E-state index contributed by atoms with van der Waals surface area (Å²) in [7, 11) is 0. The molecule has 0 saturated heterocycles. The fraction of sp³-hybridized carbons (Fsp3) is 0.556. The Morgan fingerprint density at radius 3 is 2.58 bits per heavy atom. The molecule has 0 aliphatic carbocycles. The van der Waals surface area contributed by atoms with Crippen molar-refractivity contribution in [3.8, 4) is 0 Å². The highest BCUT2D eigenvalue weighted by Gasteiger charge is 1.88. The van der Waals surface area contributed by atoms with E-state index in [1.165, 1.54) is 0 Å². The van der Waals surface area contributed by atoms with Gasteiger partial charge in [0.2, 0.25) is 0 Å². The van der Waals surface area contributed by atoms with E-state index >= 15 is 0 Å². The van der Waals surface area contributed by atoms with Crippen molar-refractivity contribution < 1.29 is 9.84 Å². The third-order valence-corrected chi connectivity index (χ3v) is 1.41. The first-order valence-corrected chi connectivity index (χ1v) is 4.21. The second-order valence-electron chi connectivity index (χ2n) is 2.54. The minimum Gasteiger partial charge on any atom is -0.392 e. The Morgan fingerprint density at radius 1 is 1.42 bits per heavy atom. The molecule has 3 heteroatoms. The van der Waals surface area contributed by atoms with Gasteiger partial charge in [0.05, 0.1) is 19.8 Å². The average Bonchev–Trinajstić information content (AvgIpc) is 1.98. The van der Waals surface area contributed by atoms with Crippen LogP contribution in [0.4, 0.5) is 0 Å². The predicted octanol–water partition coefficient (Wildman–Crippen LogP) is 2.08. The molecule has 0 saturated carbocycles. The smallest absolute Gasteiger partial charge is 0.0679 e. The van der Waals surface area contributed by atoms with Gasteiger partial charge in [-0.15, -0.1) is 0 Å². The van der Waals surface area contributed by atoms with E-state index in [0.717, 1.165) is 10.6 Å². The number of aliphatic hydroxyl groups excluding tert-OH is 1. The lowest BCUT2D eigenvalue weighted by Gasteiger charge is -2.00. The molecule has 0 rings (SSSR count). The summed E-state index contributed by atoms with van der Waals surface area (Å²) in [5, 5.41) is 9.25. The number of hydrogen-bond acceptors (Lipinski definition) is 2. The molecule has 0 aromatic rings. The molecule has 0 heterocycles. The maximum absolute atomic E-state index is 8.52.